The first-order chi connectivity index (χ1) is 8.21. The normalized spacial score (nSPS) is 9.82. The standard InChI is InChI=1S/C12H18N2O3/c1-4-14(9-12(15)16-3)10-7-6-8-11(13-10)17-5-2/h6-8H,4-5,9H2,1-3H3. The molecule has 17 heavy (non-hydrogen) atoms. The van der Waals surface area contributed by atoms with E-state index in [1.807, 2.05) is 30.9 Å². The van der Waals surface area contributed by atoms with Crippen molar-refractivity contribution >= 4 is 11.8 Å². The minimum atomic E-state index is -0.282. The van der Waals surface area contributed by atoms with Crippen molar-refractivity contribution in [1.29, 1.82) is 0 Å². The Bertz CT molecular complexity index is 369. The molecule has 0 N–H and O–H groups in total. The molecular formula is C12H18N2O3. The van der Waals surface area contributed by atoms with Gasteiger partial charge in [-0.3, -0.25) is 4.79 Å². The summed E-state index contributed by atoms with van der Waals surface area (Å²) in [5.41, 5.74) is 0. The lowest BCUT2D eigenvalue weighted by Gasteiger charge is -2.20. The van der Waals surface area contributed by atoms with Crippen LogP contribution in [0.25, 0.3) is 0 Å². The molecule has 0 aliphatic rings. The topological polar surface area (TPSA) is 51.7 Å². The lowest BCUT2D eigenvalue weighted by molar-refractivity contribution is -0.138. The second kappa shape index (κ2) is 6.73. The molecule has 0 fully saturated rings. The SMILES string of the molecule is CCOc1cccc(N(CC)CC(=O)OC)n1. The fourth-order valence-corrected chi connectivity index (χ4v) is 1.38. The Morgan fingerprint density at radius 1 is 1.41 bits per heavy atom. The molecule has 0 aromatic carbocycles. The molecule has 5 heteroatoms. The van der Waals surface area contributed by atoms with Gasteiger partial charge in [0.15, 0.2) is 0 Å². The van der Waals surface area contributed by atoms with Gasteiger partial charge >= 0.3 is 5.97 Å². The van der Waals surface area contributed by atoms with Gasteiger partial charge in [0.05, 0.1) is 13.7 Å². The molecule has 0 bridgehead atoms. The molecule has 0 atom stereocenters. The smallest absolute Gasteiger partial charge is 0.325 e. The fourth-order valence-electron chi connectivity index (χ4n) is 1.38. The van der Waals surface area contributed by atoms with E-state index >= 15 is 0 Å². The molecule has 0 radical (unpaired) electrons. The van der Waals surface area contributed by atoms with E-state index in [0.29, 0.717) is 24.8 Å². The summed E-state index contributed by atoms with van der Waals surface area (Å²) in [7, 11) is 1.38. The zero-order chi connectivity index (χ0) is 12.7. The molecule has 1 aromatic heterocycles. The van der Waals surface area contributed by atoms with Gasteiger partial charge in [0.2, 0.25) is 5.88 Å². The predicted molar refractivity (Wildman–Crippen MR) is 65.3 cm³/mol. The lowest BCUT2D eigenvalue weighted by Crippen LogP contribution is -2.30. The Morgan fingerprint density at radius 3 is 2.76 bits per heavy atom. The zero-order valence-electron chi connectivity index (χ0n) is 10.5. The van der Waals surface area contributed by atoms with Crippen molar-refractivity contribution in [2.75, 3.05) is 31.7 Å². The van der Waals surface area contributed by atoms with Crippen LogP contribution in [-0.2, 0) is 9.53 Å². The number of rotatable bonds is 6. The van der Waals surface area contributed by atoms with E-state index in [0.717, 1.165) is 0 Å². The zero-order valence-corrected chi connectivity index (χ0v) is 10.5. The summed E-state index contributed by atoms with van der Waals surface area (Å²) in [6.07, 6.45) is 0. The average molecular weight is 238 g/mol. The highest BCUT2D eigenvalue weighted by Crippen LogP contribution is 2.15. The second-order valence-electron chi connectivity index (χ2n) is 3.36. The summed E-state index contributed by atoms with van der Waals surface area (Å²) in [5.74, 6) is 0.993. The van der Waals surface area contributed by atoms with Crippen LogP contribution in [0.3, 0.4) is 0 Å². The number of carbonyl (C=O) groups is 1. The van der Waals surface area contributed by atoms with Crippen LogP contribution in [0.4, 0.5) is 5.82 Å². The Labute approximate surface area is 101 Å². The summed E-state index contributed by atoms with van der Waals surface area (Å²) >= 11 is 0. The van der Waals surface area contributed by atoms with Crippen LogP contribution in [0.2, 0.25) is 0 Å². The third-order valence-electron chi connectivity index (χ3n) is 2.25. The van der Waals surface area contributed by atoms with Gasteiger partial charge in [0, 0.05) is 12.6 Å². The monoisotopic (exact) mass is 238 g/mol. The highest BCUT2D eigenvalue weighted by molar-refractivity contribution is 5.75. The van der Waals surface area contributed by atoms with Gasteiger partial charge in [0.25, 0.3) is 0 Å². The van der Waals surface area contributed by atoms with Gasteiger partial charge in [-0.15, -0.1) is 0 Å². The summed E-state index contributed by atoms with van der Waals surface area (Å²) < 4.78 is 9.96. The van der Waals surface area contributed by atoms with Crippen LogP contribution >= 0.6 is 0 Å². The second-order valence-corrected chi connectivity index (χ2v) is 3.36. The van der Waals surface area contributed by atoms with Gasteiger partial charge in [-0.1, -0.05) is 6.07 Å². The van der Waals surface area contributed by atoms with E-state index in [2.05, 4.69) is 9.72 Å². The first-order valence-corrected chi connectivity index (χ1v) is 5.62. The molecule has 0 unspecified atom stereocenters. The van der Waals surface area contributed by atoms with Crippen LogP contribution in [0.15, 0.2) is 18.2 Å². The molecule has 0 aliphatic heterocycles. The first-order valence-electron chi connectivity index (χ1n) is 5.62. The summed E-state index contributed by atoms with van der Waals surface area (Å²) in [5, 5.41) is 0. The number of hydrogen-bond acceptors (Lipinski definition) is 5. The largest absolute Gasteiger partial charge is 0.478 e. The van der Waals surface area contributed by atoms with E-state index in [9.17, 15) is 4.79 Å². The number of nitrogens with zero attached hydrogens (tertiary/aromatic N) is 2. The maximum atomic E-state index is 11.2. The van der Waals surface area contributed by atoms with Gasteiger partial charge < -0.3 is 14.4 Å². The molecule has 0 saturated carbocycles. The van der Waals surface area contributed by atoms with E-state index in [4.69, 9.17) is 4.74 Å². The molecule has 0 spiro atoms. The van der Waals surface area contributed by atoms with Gasteiger partial charge in [0.1, 0.15) is 12.4 Å². The fraction of sp³-hybridized carbons (Fsp3) is 0.500. The van der Waals surface area contributed by atoms with Crippen molar-refractivity contribution < 1.29 is 14.3 Å². The Balaban J connectivity index is 2.80. The molecule has 94 valence electrons. The number of methoxy groups -OCH3 is 1. The minimum absolute atomic E-state index is 0.190. The molecule has 5 nitrogen and oxygen atoms in total. The summed E-state index contributed by atoms with van der Waals surface area (Å²) in [6, 6.07) is 5.49. The Kier molecular flexibility index (Phi) is 5.26. The highest BCUT2D eigenvalue weighted by atomic mass is 16.5. The number of likely N-dealkylation sites (N-methyl/N-ethyl adjacent to an activating group) is 1. The van der Waals surface area contributed by atoms with Crippen molar-refractivity contribution in [3.8, 4) is 5.88 Å². The van der Waals surface area contributed by atoms with Crippen molar-refractivity contribution in [1.82, 2.24) is 4.98 Å². The van der Waals surface area contributed by atoms with Crippen LogP contribution in [-0.4, -0.2) is 37.8 Å². The van der Waals surface area contributed by atoms with Crippen LogP contribution < -0.4 is 9.64 Å². The number of aromatic nitrogens is 1. The van der Waals surface area contributed by atoms with Gasteiger partial charge in [-0.25, -0.2) is 0 Å². The molecule has 0 amide bonds. The Morgan fingerprint density at radius 2 is 2.18 bits per heavy atom. The molecule has 1 heterocycles. The molecule has 1 rings (SSSR count). The summed E-state index contributed by atoms with van der Waals surface area (Å²) in [4.78, 5) is 17.4. The first kappa shape index (κ1) is 13.3. The average Bonchev–Trinajstić information content (AvgIpc) is 2.36. The third kappa shape index (κ3) is 3.94. The van der Waals surface area contributed by atoms with Crippen molar-refractivity contribution in [3.05, 3.63) is 18.2 Å². The van der Waals surface area contributed by atoms with Crippen molar-refractivity contribution in [2.24, 2.45) is 0 Å². The molecule has 1 aromatic rings. The number of hydrogen-bond donors (Lipinski definition) is 0. The van der Waals surface area contributed by atoms with E-state index in [-0.39, 0.29) is 12.5 Å². The minimum Gasteiger partial charge on any atom is -0.478 e. The maximum absolute atomic E-state index is 11.2. The van der Waals surface area contributed by atoms with E-state index in [1.165, 1.54) is 7.11 Å². The maximum Gasteiger partial charge on any atom is 0.325 e. The molecule has 0 saturated heterocycles. The molecule has 0 aliphatic carbocycles. The van der Waals surface area contributed by atoms with E-state index in [1.54, 1.807) is 6.07 Å². The Hall–Kier alpha value is -1.78. The van der Waals surface area contributed by atoms with Gasteiger partial charge in [-0.05, 0) is 19.9 Å². The number of esters is 1. The summed E-state index contributed by atoms with van der Waals surface area (Å²) in [6.45, 7) is 5.30. The van der Waals surface area contributed by atoms with Crippen molar-refractivity contribution in [3.63, 3.8) is 0 Å². The predicted octanol–water partition coefficient (Wildman–Crippen LogP) is 1.48. The number of ether oxygens (including phenoxy) is 2. The van der Waals surface area contributed by atoms with Crippen LogP contribution in [0, 0.1) is 0 Å². The lowest BCUT2D eigenvalue weighted by atomic mass is 10.4. The number of anilines is 1. The van der Waals surface area contributed by atoms with Crippen LogP contribution in [0.5, 0.6) is 5.88 Å². The number of carbonyl (C=O) groups excluding carboxylic acids is 1. The van der Waals surface area contributed by atoms with E-state index < -0.39 is 0 Å². The third-order valence-corrected chi connectivity index (χ3v) is 2.25. The highest BCUT2D eigenvalue weighted by Gasteiger charge is 2.11. The molecular weight excluding hydrogens is 220 g/mol. The van der Waals surface area contributed by atoms with Gasteiger partial charge in [-0.2, -0.15) is 4.98 Å². The quantitative estimate of drug-likeness (QED) is 0.703. The number of pyridine rings is 1. The van der Waals surface area contributed by atoms with Crippen molar-refractivity contribution in [2.45, 2.75) is 13.8 Å². The van der Waals surface area contributed by atoms with Crippen LogP contribution in [0.1, 0.15) is 13.8 Å².